The maximum atomic E-state index is 10.2. The average Bonchev–Trinajstić information content (AvgIpc) is 2.07. The van der Waals surface area contributed by atoms with Crippen molar-refractivity contribution in [1.82, 2.24) is 0 Å². The Labute approximate surface area is 76.4 Å². The molecule has 0 heterocycles. The quantitative estimate of drug-likeness (QED) is 0.695. The van der Waals surface area contributed by atoms with Crippen LogP contribution in [0.25, 0.3) is 0 Å². The first-order valence-corrected chi connectivity index (χ1v) is 4.04. The molecule has 0 spiro atoms. The second kappa shape index (κ2) is 4.00. The van der Waals surface area contributed by atoms with Gasteiger partial charge in [-0.15, -0.1) is 4.91 Å². The number of hydrogen-bond donors (Lipinski definition) is 2. The van der Waals surface area contributed by atoms with Gasteiger partial charge >= 0.3 is 0 Å². The van der Waals surface area contributed by atoms with Crippen LogP contribution in [-0.2, 0) is 6.42 Å². The van der Waals surface area contributed by atoms with Gasteiger partial charge in [0, 0.05) is 6.04 Å². The maximum Gasteiger partial charge on any atom is 0.149 e. The van der Waals surface area contributed by atoms with Gasteiger partial charge in [-0.2, -0.15) is 0 Å². The topological polar surface area (TPSA) is 75.7 Å². The molecule has 0 aliphatic rings. The molecule has 1 aromatic rings. The van der Waals surface area contributed by atoms with Crippen LogP contribution in [0.3, 0.4) is 0 Å². The van der Waals surface area contributed by atoms with E-state index in [1.165, 1.54) is 6.07 Å². The van der Waals surface area contributed by atoms with E-state index in [9.17, 15) is 4.91 Å². The van der Waals surface area contributed by atoms with Crippen LogP contribution in [0.5, 0.6) is 5.75 Å². The highest BCUT2D eigenvalue weighted by Crippen LogP contribution is 2.26. The number of aromatic hydroxyl groups is 1. The van der Waals surface area contributed by atoms with Gasteiger partial charge in [0.15, 0.2) is 0 Å². The largest absolute Gasteiger partial charge is 0.506 e. The highest BCUT2D eigenvalue weighted by Gasteiger charge is 2.04. The number of nitrogens with zero attached hydrogens (tertiary/aromatic N) is 1. The summed E-state index contributed by atoms with van der Waals surface area (Å²) < 4.78 is 0. The van der Waals surface area contributed by atoms with Crippen LogP contribution < -0.4 is 5.73 Å². The van der Waals surface area contributed by atoms with Gasteiger partial charge < -0.3 is 10.8 Å². The van der Waals surface area contributed by atoms with Crippen LogP contribution in [-0.4, -0.2) is 11.1 Å². The third kappa shape index (κ3) is 2.52. The number of benzene rings is 1. The van der Waals surface area contributed by atoms with E-state index < -0.39 is 0 Å². The molecule has 0 bridgehead atoms. The minimum absolute atomic E-state index is 0.0315. The lowest BCUT2D eigenvalue weighted by molar-refractivity contribution is 0.476. The molecule has 0 fully saturated rings. The summed E-state index contributed by atoms with van der Waals surface area (Å²) >= 11 is 0. The first-order chi connectivity index (χ1) is 6.13. The number of hydrogen-bond acceptors (Lipinski definition) is 4. The van der Waals surface area contributed by atoms with Crippen LogP contribution >= 0.6 is 0 Å². The van der Waals surface area contributed by atoms with Crippen molar-refractivity contribution in [2.75, 3.05) is 0 Å². The third-order valence-corrected chi connectivity index (χ3v) is 1.70. The van der Waals surface area contributed by atoms with Gasteiger partial charge in [-0.25, -0.2) is 0 Å². The molecule has 0 radical (unpaired) electrons. The Kier molecular flexibility index (Phi) is 2.97. The van der Waals surface area contributed by atoms with E-state index in [0.29, 0.717) is 6.42 Å². The first-order valence-electron chi connectivity index (χ1n) is 4.04. The number of nitrogens with two attached hydrogens (primary N) is 1. The molecule has 0 aliphatic heterocycles. The molecule has 1 aromatic carbocycles. The molecular formula is C9H12N2O2. The zero-order valence-corrected chi connectivity index (χ0v) is 7.40. The van der Waals surface area contributed by atoms with E-state index in [0.717, 1.165) is 5.56 Å². The predicted molar refractivity (Wildman–Crippen MR) is 50.9 cm³/mol. The van der Waals surface area contributed by atoms with E-state index >= 15 is 0 Å². The Hall–Kier alpha value is -1.42. The zero-order chi connectivity index (χ0) is 9.84. The normalized spacial score (nSPS) is 12.5. The predicted octanol–water partition coefficient (Wildman–Crippen LogP) is 1.68. The van der Waals surface area contributed by atoms with Gasteiger partial charge in [0.25, 0.3) is 0 Å². The van der Waals surface area contributed by atoms with E-state index in [-0.39, 0.29) is 17.5 Å². The molecular weight excluding hydrogens is 168 g/mol. The molecule has 0 aromatic heterocycles. The molecule has 3 N–H and O–H groups in total. The van der Waals surface area contributed by atoms with Crippen molar-refractivity contribution in [3.63, 3.8) is 0 Å². The molecule has 4 heteroatoms. The summed E-state index contributed by atoms with van der Waals surface area (Å²) in [4.78, 5) is 10.2. The summed E-state index contributed by atoms with van der Waals surface area (Å²) in [5.41, 5.74) is 6.56. The van der Waals surface area contributed by atoms with E-state index in [1.54, 1.807) is 12.1 Å². The lowest BCUT2D eigenvalue weighted by Crippen LogP contribution is -2.17. The molecule has 0 saturated carbocycles. The van der Waals surface area contributed by atoms with E-state index in [2.05, 4.69) is 5.18 Å². The van der Waals surface area contributed by atoms with Crippen LogP contribution in [0.2, 0.25) is 0 Å². The SMILES string of the molecule is C[C@@H](N)Cc1ccc(O)c(N=O)c1. The monoisotopic (exact) mass is 180 g/mol. The second-order valence-electron chi connectivity index (χ2n) is 3.10. The summed E-state index contributed by atoms with van der Waals surface area (Å²) in [7, 11) is 0. The number of nitroso groups, excluding NO2 is 1. The van der Waals surface area contributed by atoms with Crippen molar-refractivity contribution in [2.24, 2.45) is 10.9 Å². The van der Waals surface area contributed by atoms with Crippen molar-refractivity contribution in [3.8, 4) is 5.75 Å². The smallest absolute Gasteiger partial charge is 0.149 e. The molecule has 0 aliphatic carbocycles. The minimum Gasteiger partial charge on any atom is -0.506 e. The summed E-state index contributed by atoms with van der Waals surface area (Å²) in [5.74, 6) is -0.0941. The lowest BCUT2D eigenvalue weighted by atomic mass is 10.1. The van der Waals surface area contributed by atoms with Gasteiger partial charge in [0.2, 0.25) is 0 Å². The highest BCUT2D eigenvalue weighted by atomic mass is 16.3. The Bertz CT molecular complexity index is 310. The van der Waals surface area contributed by atoms with Crippen molar-refractivity contribution in [3.05, 3.63) is 28.7 Å². The number of rotatable bonds is 3. The molecule has 1 rings (SSSR count). The number of phenols is 1. The van der Waals surface area contributed by atoms with Gasteiger partial charge in [-0.3, -0.25) is 0 Å². The number of phenolic OH excluding ortho intramolecular Hbond substituents is 1. The Morgan fingerprint density at radius 1 is 1.62 bits per heavy atom. The van der Waals surface area contributed by atoms with Crippen LogP contribution in [0, 0.1) is 4.91 Å². The summed E-state index contributed by atoms with van der Waals surface area (Å²) in [6.45, 7) is 1.88. The first kappa shape index (κ1) is 9.67. The van der Waals surface area contributed by atoms with Crippen molar-refractivity contribution in [2.45, 2.75) is 19.4 Å². The molecule has 70 valence electrons. The van der Waals surface area contributed by atoms with Gasteiger partial charge in [0.05, 0.1) is 0 Å². The minimum atomic E-state index is -0.0941. The standard InChI is InChI=1S/C9H12N2O2/c1-6(10)4-7-2-3-9(12)8(5-7)11-13/h2-3,5-6,12H,4,10H2,1H3/t6-/m1/s1. The van der Waals surface area contributed by atoms with Crippen molar-refractivity contribution >= 4 is 5.69 Å². The fourth-order valence-electron chi connectivity index (χ4n) is 1.14. The average molecular weight is 180 g/mol. The lowest BCUT2D eigenvalue weighted by Gasteiger charge is -2.05. The summed E-state index contributed by atoms with van der Waals surface area (Å²) in [6.07, 6.45) is 0.669. The van der Waals surface area contributed by atoms with Crippen LogP contribution in [0.15, 0.2) is 23.4 Å². The molecule has 0 saturated heterocycles. The summed E-state index contributed by atoms with van der Waals surface area (Å²) in [5, 5.41) is 11.8. The van der Waals surface area contributed by atoms with E-state index in [4.69, 9.17) is 10.8 Å². The highest BCUT2D eigenvalue weighted by molar-refractivity contribution is 5.52. The molecule has 0 amide bonds. The van der Waals surface area contributed by atoms with E-state index in [1.807, 2.05) is 6.92 Å². The Balaban J connectivity index is 2.92. The fourth-order valence-corrected chi connectivity index (χ4v) is 1.14. The van der Waals surface area contributed by atoms with Crippen molar-refractivity contribution < 1.29 is 5.11 Å². The van der Waals surface area contributed by atoms with Gasteiger partial charge in [-0.05, 0) is 36.2 Å². The molecule has 13 heavy (non-hydrogen) atoms. The molecule has 1 atom stereocenters. The second-order valence-corrected chi connectivity index (χ2v) is 3.10. The Morgan fingerprint density at radius 2 is 2.31 bits per heavy atom. The fraction of sp³-hybridized carbons (Fsp3) is 0.333. The van der Waals surface area contributed by atoms with Crippen LogP contribution in [0.4, 0.5) is 5.69 Å². The maximum absolute atomic E-state index is 10.2. The van der Waals surface area contributed by atoms with Gasteiger partial charge in [-0.1, -0.05) is 6.07 Å². The third-order valence-electron chi connectivity index (χ3n) is 1.70. The zero-order valence-electron chi connectivity index (χ0n) is 7.40. The molecule has 4 nitrogen and oxygen atoms in total. The Morgan fingerprint density at radius 3 is 2.85 bits per heavy atom. The molecule has 0 unspecified atom stereocenters. The van der Waals surface area contributed by atoms with Crippen molar-refractivity contribution in [1.29, 1.82) is 0 Å². The van der Waals surface area contributed by atoms with Gasteiger partial charge in [0.1, 0.15) is 11.4 Å². The van der Waals surface area contributed by atoms with Crippen LogP contribution in [0.1, 0.15) is 12.5 Å². The summed E-state index contributed by atoms with van der Waals surface area (Å²) in [6, 6.07) is 4.76.